The van der Waals surface area contributed by atoms with Crippen LogP contribution in [0.25, 0.3) is 11.5 Å². The summed E-state index contributed by atoms with van der Waals surface area (Å²) in [7, 11) is 0. The molecule has 1 unspecified atom stereocenters. The normalized spacial score (nSPS) is 16.6. The summed E-state index contributed by atoms with van der Waals surface area (Å²) < 4.78 is 5.37. The minimum Gasteiger partial charge on any atom is -0.463 e. The van der Waals surface area contributed by atoms with Crippen LogP contribution in [0, 0.1) is 5.92 Å². The summed E-state index contributed by atoms with van der Waals surface area (Å²) in [5.41, 5.74) is 1.87. The van der Waals surface area contributed by atoms with Crippen molar-refractivity contribution in [3.05, 3.63) is 66.4 Å². The molecule has 0 aliphatic carbocycles. The number of furan rings is 1. The summed E-state index contributed by atoms with van der Waals surface area (Å²) in [5.74, 6) is 1.72. The van der Waals surface area contributed by atoms with Crippen molar-refractivity contribution < 1.29 is 9.21 Å². The molecule has 1 aliphatic heterocycles. The van der Waals surface area contributed by atoms with E-state index in [4.69, 9.17) is 4.42 Å². The molecule has 1 saturated heterocycles. The topological polar surface area (TPSA) is 62.5 Å². The standard InChI is InChI=1S/C23H26N4O2/c1-2-26(16-18-8-4-3-5-9-18)23(28)19-10-6-14-27(17-19)22-13-12-20(24-25-22)21-11-7-15-29-21/h3-5,7-9,11-13,15,19H,2,6,10,14,16-17H2,1H3. The summed E-state index contributed by atoms with van der Waals surface area (Å²) in [4.78, 5) is 17.3. The number of nitrogens with zero attached hydrogens (tertiary/aromatic N) is 4. The number of aromatic nitrogens is 2. The van der Waals surface area contributed by atoms with Gasteiger partial charge in [-0.3, -0.25) is 4.79 Å². The SMILES string of the molecule is CCN(Cc1ccccc1)C(=O)C1CCCN(c2ccc(-c3ccco3)nn2)C1. The third-order valence-corrected chi connectivity index (χ3v) is 5.43. The first-order valence-electron chi connectivity index (χ1n) is 10.2. The molecule has 4 rings (SSSR count). The van der Waals surface area contributed by atoms with Gasteiger partial charge in [-0.2, -0.15) is 0 Å². The van der Waals surface area contributed by atoms with E-state index in [2.05, 4.69) is 27.2 Å². The zero-order chi connectivity index (χ0) is 20.1. The van der Waals surface area contributed by atoms with Gasteiger partial charge in [-0.25, -0.2) is 0 Å². The second-order valence-corrected chi connectivity index (χ2v) is 7.38. The molecule has 0 bridgehead atoms. The average Bonchev–Trinajstić information content (AvgIpc) is 3.33. The molecule has 1 atom stereocenters. The molecule has 1 aromatic carbocycles. The highest BCUT2D eigenvalue weighted by Gasteiger charge is 2.29. The van der Waals surface area contributed by atoms with Crippen LogP contribution >= 0.6 is 0 Å². The number of rotatable bonds is 6. The van der Waals surface area contributed by atoms with E-state index >= 15 is 0 Å². The number of hydrogen-bond acceptors (Lipinski definition) is 5. The Balaban J connectivity index is 1.42. The summed E-state index contributed by atoms with van der Waals surface area (Å²) in [5, 5.41) is 8.67. The first-order valence-corrected chi connectivity index (χ1v) is 10.2. The van der Waals surface area contributed by atoms with Gasteiger partial charge in [0.2, 0.25) is 5.91 Å². The lowest BCUT2D eigenvalue weighted by atomic mass is 9.96. The summed E-state index contributed by atoms with van der Waals surface area (Å²) in [6, 6.07) is 17.7. The lowest BCUT2D eigenvalue weighted by Crippen LogP contribution is -2.45. The van der Waals surface area contributed by atoms with Crippen molar-refractivity contribution in [3.8, 4) is 11.5 Å². The first kappa shape index (κ1) is 19.2. The number of hydrogen-bond donors (Lipinski definition) is 0. The van der Waals surface area contributed by atoms with Gasteiger partial charge in [-0.05, 0) is 49.6 Å². The van der Waals surface area contributed by atoms with Gasteiger partial charge in [0.25, 0.3) is 0 Å². The molecular weight excluding hydrogens is 364 g/mol. The van der Waals surface area contributed by atoms with Gasteiger partial charge in [0.05, 0.1) is 12.2 Å². The van der Waals surface area contributed by atoms with Crippen molar-refractivity contribution in [2.45, 2.75) is 26.3 Å². The van der Waals surface area contributed by atoms with Crippen LogP contribution < -0.4 is 4.90 Å². The Bertz CT molecular complexity index is 910. The van der Waals surface area contributed by atoms with Crippen molar-refractivity contribution >= 4 is 11.7 Å². The van der Waals surface area contributed by atoms with Crippen molar-refractivity contribution in [2.75, 3.05) is 24.5 Å². The molecule has 3 heterocycles. The molecule has 29 heavy (non-hydrogen) atoms. The number of piperidine rings is 1. The van der Waals surface area contributed by atoms with Gasteiger partial charge in [0.1, 0.15) is 5.69 Å². The Morgan fingerprint density at radius 2 is 2.00 bits per heavy atom. The van der Waals surface area contributed by atoms with Crippen LogP contribution in [-0.4, -0.2) is 40.6 Å². The van der Waals surface area contributed by atoms with Crippen LogP contribution in [0.3, 0.4) is 0 Å². The van der Waals surface area contributed by atoms with Gasteiger partial charge in [-0.15, -0.1) is 10.2 Å². The fourth-order valence-electron chi connectivity index (χ4n) is 3.84. The molecule has 0 N–H and O–H groups in total. The van der Waals surface area contributed by atoms with E-state index in [0.29, 0.717) is 31.1 Å². The monoisotopic (exact) mass is 390 g/mol. The van der Waals surface area contributed by atoms with Crippen LogP contribution in [0.2, 0.25) is 0 Å². The highest BCUT2D eigenvalue weighted by molar-refractivity contribution is 5.79. The smallest absolute Gasteiger partial charge is 0.227 e. The Kier molecular flexibility index (Phi) is 5.89. The quantitative estimate of drug-likeness (QED) is 0.637. The fraction of sp³-hybridized carbons (Fsp3) is 0.348. The minimum absolute atomic E-state index is 0.0148. The Morgan fingerprint density at radius 3 is 2.69 bits per heavy atom. The second kappa shape index (κ2) is 8.90. The molecule has 1 amide bonds. The first-order chi connectivity index (χ1) is 14.2. The van der Waals surface area contributed by atoms with E-state index in [1.807, 2.05) is 54.3 Å². The predicted octanol–water partition coefficient (Wildman–Crippen LogP) is 4.00. The number of amides is 1. The van der Waals surface area contributed by atoms with Crippen LogP contribution in [0.15, 0.2) is 65.3 Å². The number of carbonyl (C=O) groups is 1. The molecule has 0 radical (unpaired) electrons. The Hall–Kier alpha value is -3.15. The van der Waals surface area contributed by atoms with Crippen molar-refractivity contribution in [1.29, 1.82) is 0 Å². The van der Waals surface area contributed by atoms with Gasteiger partial charge in [0, 0.05) is 26.2 Å². The van der Waals surface area contributed by atoms with Crippen molar-refractivity contribution in [3.63, 3.8) is 0 Å². The lowest BCUT2D eigenvalue weighted by molar-refractivity contribution is -0.136. The van der Waals surface area contributed by atoms with Crippen molar-refractivity contribution in [2.24, 2.45) is 5.92 Å². The van der Waals surface area contributed by atoms with Crippen molar-refractivity contribution in [1.82, 2.24) is 15.1 Å². The second-order valence-electron chi connectivity index (χ2n) is 7.38. The Morgan fingerprint density at radius 1 is 1.14 bits per heavy atom. The largest absolute Gasteiger partial charge is 0.463 e. The van der Waals surface area contributed by atoms with Crippen LogP contribution in [0.1, 0.15) is 25.3 Å². The molecular formula is C23H26N4O2. The third-order valence-electron chi connectivity index (χ3n) is 5.43. The number of benzene rings is 1. The maximum Gasteiger partial charge on any atom is 0.227 e. The third kappa shape index (κ3) is 4.47. The Labute approximate surface area is 171 Å². The van der Waals surface area contributed by atoms with E-state index < -0.39 is 0 Å². The summed E-state index contributed by atoms with van der Waals surface area (Å²) >= 11 is 0. The van der Waals surface area contributed by atoms with Gasteiger partial charge < -0.3 is 14.2 Å². The molecule has 1 fully saturated rings. The molecule has 3 aromatic rings. The number of carbonyl (C=O) groups excluding carboxylic acids is 1. The zero-order valence-electron chi connectivity index (χ0n) is 16.7. The number of anilines is 1. The summed E-state index contributed by atoms with van der Waals surface area (Å²) in [6.45, 7) is 4.98. The van der Waals surface area contributed by atoms with E-state index in [1.165, 1.54) is 0 Å². The fourth-order valence-corrected chi connectivity index (χ4v) is 3.84. The van der Waals surface area contributed by atoms with Gasteiger partial charge >= 0.3 is 0 Å². The van der Waals surface area contributed by atoms with Crippen LogP contribution in [0.5, 0.6) is 0 Å². The maximum absolute atomic E-state index is 13.2. The van der Waals surface area contributed by atoms with E-state index in [-0.39, 0.29) is 11.8 Å². The predicted molar refractivity (Wildman–Crippen MR) is 112 cm³/mol. The summed E-state index contributed by atoms with van der Waals surface area (Å²) in [6.07, 6.45) is 3.51. The minimum atomic E-state index is -0.0148. The van der Waals surface area contributed by atoms with E-state index in [1.54, 1.807) is 6.26 Å². The molecule has 6 heteroatoms. The molecule has 0 saturated carbocycles. The average molecular weight is 390 g/mol. The highest BCUT2D eigenvalue weighted by Crippen LogP contribution is 2.25. The molecule has 6 nitrogen and oxygen atoms in total. The molecule has 0 spiro atoms. The highest BCUT2D eigenvalue weighted by atomic mass is 16.3. The van der Waals surface area contributed by atoms with Gasteiger partial charge in [0.15, 0.2) is 11.6 Å². The van der Waals surface area contributed by atoms with E-state index in [9.17, 15) is 4.79 Å². The molecule has 1 aliphatic rings. The zero-order valence-corrected chi connectivity index (χ0v) is 16.7. The molecule has 2 aromatic heterocycles. The van der Waals surface area contributed by atoms with Crippen LogP contribution in [-0.2, 0) is 11.3 Å². The van der Waals surface area contributed by atoms with E-state index in [0.717, 1.165) is 30.8 Å². The maximum atomic E-state index is 13.2. The van der Waals surface area contributed by atoms with Crippen LogP contribution in [0.4, 0.5) is 5.82 Å². The molecule has 150 valence electrons. The lowest BCUT2D eigenvalue weighted by Gasteiger charge is -2.35. The van der Waals surface area contributed by atoms with Gasteiger partial charge in [-0.1, -0.05) is 30.3 Å².